The normalized spacial score (nSPS) is 16.5. The minimum atomic E-state index is -0.251. The van der Waals surface area contributed by atoms with Crippen LogP contribution in [-0.4, -0.2) is 28.4 Å². The number of aryl methyl sites for hydroxylation is 1. The summed E-state index contributed by atoms with van der Waals surface area (Å²) in [5, 5.41) is 13.2. The van der Waals surface area contributed by atoms with Crippen molar-refractivity contribution in [3.8, 4) is 6.07 Å². The lowest BCUT2D eigenvalue weighted by Crippen LogP contribution is -2.33. The molecule has 2 aromatic carbocycles. The first kappa shape index (κ1) is 17.0. The molecule has 3 aromatic rings. The minimum absolute atomic E-state index is 0.109. The number of fused-ring (bicyclic) bond motifs is 1. The van der Waals surface area contributed by atoms with Crippen molar-refractivity contribution in [2.45, 2.75) is 25.9 Å². The molecule has 5 heteroatoms. The highest BCUT2D eigenvalue weighted by Gasteiger charge is 2.31. The lowest BCUT2D eigenvalue weighted by molar-refractivity contribution is -0.128. The van der Waals surface area contributed by atoms with Crippen molar-refractivity contribution in [2.24, 2.45) is 0 Å². The second-order valence-corrected chi connectivity index (χ2v) is 6.95. The number of rotatable bonds is 4. The number of benzene rings is 2. The van der Waals surface area contributed by atoms with E-state index in [1.807, 2.05) is 29.2 Å². The van der Waals surface area contributed by atoms with Gasteiger partial charge in [0, 0.05) is 18.5 Å². The molecular weight excluding hydrogens is 336 g/mol. The highest BCUT2D eigenvalue weighted by Crippen LogP contribution is 2.21. The first-order valence-corrected chi connectivity index (χ1v) is 9.04. The molecule has 2 heterocycles. The Labute approximate surface area is 158 Å². The average Bonchev–Trinajstić information content (AvgIpc) is 3.03. The van der Waals surface area contributed by atoms with Gasteiger partial charge in [0.05, 0.1) is 17.1 Å². The van der Waals surface area contributed by atoms with Gasteiger partial charge in [0.15, 0.2) is 0 Å². The standard InChI is InChI=1S/C22H20N4O/c1-15-2-4-16(5-3-15)14-26-11-10-20(22(26)27)25-21-9-7-18-12-17(13-23)6-8-19(18)24-21/h2-9,12,20H,10-11,14H2,1H3,(H,24,25). The van der Waals surface area contributed by atoms with Crippen LogP contribution in [0.15, 0.2) is 54.6 Å². The molecule has 1 aliphatic heterocycles. The van der Waals surface area contributed by atoms with Crippen molar-refractivity contribution in [3.63, 3.8) is 0 Å². The SMILES string of the molecule is Cc1ccc(CN2CCC(Nc3ccc4cc(C#N)ccc4n3)C2=O)cc1. The molecule has 0 spiro atoms. The predicted octanol–water partition coefficient (Wildman–Crippen LogP) is 3.63. The number of aromatic nitrogens is 1. The van der Waals surface area contributed by atoms with E-state index in [0.29, 0.717) is 17.9 Å². The van der Waals surface area contributed by atoms with Crippen LogP contribution in [-0.2, 0) is 11.3 Å². The maximum absolute atomic E-state index is 12.7. The number of nitrogens with one attached hydrogen (secondary N) is 1. The third-order valence-corrected chi connectivity index (χ3v) is 4.93. The van der Waals surface area contributed by atoms with Crippen molar-refractivity contribution in [1.29, 1.82) is 5.26 Å². The molecule has 1 fully saturated rings. The van der Waals surface area contributed by atoms with Gasteiger partial charge >= 0.3 is 0 Å². The molecule has 0 saturated carbocycles. The summed E-state index contributed by atoms with van der Waals surface area (Å²) in [6.45, 7) is 3.44. The van der Waals surface area contributed by atoms with Crippen LogP contribution in [0.1, 0.15) is 23.1 Å². The van der Waals surface area contributed by atoms with E-state index >= 15 is 0 Å². The van der Waals surface area contributed by atoms with Crippen LogP contribution < -0.4 is 5.32 Å². The highest BCUT2D eigenvalue weighted by molar-refractivity contribution is 5.87. The number of hydrogen-bond acceptors (Lipinski definition) is 4. The van der Waals surface area contributed by atoms with Gasteiger partial charge in [-0.2, -0.15) is 5.26 Å². The number of carbonyl (C=O) groups excluding carboxylic acids is 1. The summed E-state index contributed by atoms with van der Waals surface area (Å²) in [6, 6.07) is 19.4. The number of anilines is 1. The van der Waals surface area contributed by atoms with E-state index in [1.54, 1.807) is 6.07 Å². The molecule has 1 N–H and O–H groups in total. The molecular formula is C22H20N4O. The Kier molecular flexibility index (Phi) is 4.47. The number of likely N-dealkylation sites (tertiary alicyclic amines) is 1. The fraction of sp³-hybridized carbons (Fsp3) is 0.227. The van der Waals surface area contributed by atoms with Gasteiger partial charge in [-0.15, -0.1) is 0 Å². The third kappa shape index (κ3) is 3.61. The largest absolute Gasteiger partial charge is 0.358 e. The Morgan fingerprint density at radius 2 is 2.00 bits per heavy atom. The number of pyridine rings is 1. The molecule has 0 radical (unpaired) electrons. The lowest BCUT2D eigenvalue weighted by Gasteiger charge is -2.17. The maximum Gasteiger partial charge on any atom is 0.245 e. The Balaban J connectivity index is 1.45. The van der Waals surface area contributed by atoms with E-state index in [-0.39, 0.29) is 11.9 Å². The van der Waals surface area contributed by atoms with Gasteiger partial charge < -0.3 is 10.2 Å². The minimum Gasteiger partial charge on any atom is -0.358 e. The second-order valence-electron chi connectivity index (χ2n) is 6.95. The monoisotopic (exact) mass is 356 g/mol. The van der Waals surface area contributed by atoms with E-state index in [0.717, 1.165) is 29.4 Å². The number of carbonyl (C=O) groups is 1. The van der Waals surface area contributed by atoms with Crippen LogP contribution >= 0.6 is 0 Å². The molecule has 1 aromatic heterocycles. The summed E-state index contributed by atoms with van der Waals surface area (Å²) >= 11 is 0. The predicted molar refractivity (Wildman–Crippen MR) is 105 cm³/mol. The average molecular weight is 356 g/mol. The van der Waals surface area contributed by atoms with E-state index in [1.165, 1.54) is 5.56 Å². The van der Waals surface area contributed by atoms with E-state index in [9.17, 15) is 4.79 Å². The van der Waals surface area contributed by atoms with Crippen LogP contribution in [0.25, 0.3) is 10.9 Å². The molecule has 5 nitrogen and oxygen atoms in total. The summed E-state index contributed by atoms with van der Waals surface area (Å²) in [7, 11) is 0. The van der Waals surface area contributed by atoms with E-state index < -0.39 is 0 Å². The van der Waals surface area contributed by atoms with Crippen molar-refractivity contribution in [3.05, 3.63) is 71.3 Å². The van der Waals surface area contributed by atoms with Crippen LogP contribution in [0.5, 0.6) is 0 Å². The van der Waals surface area contributed by atoms with Crippen molar-refractivity contribution >= 4 is 22.6 Å². The molecule has 27 heavy (non-hydrogen) atoms. The molecule has 0 bridgehead atoms. The van der Waals surface area contributed by atoms with E-state index in [2.05, 4.69) is 47.6 Å². The smallest absolute Gasteiger partial charge is 0.245 e. The van der Waals surface area contributed by atoms with Crippen molar-refractivity contribution in [2.75, 3.05) is 11.9 Å². The van der Waals surface area contributed by atoms with Gasteiger partial charge in [-0.25, -0.2) is 4.98 Å². The first-order valence-electron chi connectivity index (χ1n) is 9.04. The number of nitrogens with zero attached hydrogens (tertiary/aromatic N) is 3. The van der Waals surface area contributed by atoms with Crippen LogP contribution in [0.3, 0.4) is 0 Å². The van der Waals surface area contributed by atoms with Gasteiger partial charge in [-0.3, -0.25) is 4.79 Å². The Morgan fingerprint density at radius 3 is 2.78 bits per heavy atom. The Hall–Kier alpha value is -3.39. The van der Waals surface area contributed by atoms with Gasteiger partial charge in [-0.05, 0) is 49.2 Å². The summed E-state index contributed by atoms with van der Waals surface area (Å²) < 4.78 is 0. The molecule has 1 amide bonds. The number of nitriles is 1. The lowest BCUT2D eigenvalue weighted by atomic mass is 10.1. The summed E-state index contributed by atoms with van der Waals surface area (Å²) in [6.07, 6.45) is 0.762. The fourth-order valence-electron chi connectivity index (χ4n) is 3.40. The van der Waals surface area contributed by atoms with E-state index in [4.69, 9.17) is 5.26 Å². The molecule has 1 atom stereocenters. The quantitative estimate of drug-likeness (QED) is 0.775. The first-order chi connectivity index (χ1) is 13.1. The zero-order chi connectivity index (χ0) is 18.8. The maximum atomic E-state index is 12.7. The van der Waals surface area contributed by atoms with Crippen LogP contribution in [0.4, 0.5) is 5.82 Å². The summed E-state index contributed by atoms with van der Waals surface area (Å²) in [4.78, 5) is 19.2. The van der Waals surface area contributed by atoms with Gasteiger partial charge in [-0.1, -0.05) is 29.8 Å². The molecule has 4 rings (SSSR count). The zero-order valence-electron chi connectivity index (χ0n) is 15.1. The molecule has 0 aliphatic carbocycles. The number of hydrogen-bond donors (Lipinski definition) is 1. The summed E-state index contributed by atoms with van der Waals surface area (Å²) in [5.41, 5.74) is 3.78. The van der Waals surface area contributed by atoms with Gasteiger partial charge in [0.25, 0.3) is 0 Å². The molecule has 1 aliphatic rings. The number of amides is 1. The highest BCUT2D eigenvalue weighted by atomic mass is 16.2. The third-order valence-electron chi connectivity index (χ3n) is 4.93. The summed E-state index contributed by atoms with van der Waals surface area (Å²) in [5.74, 6) is 0.792. The molecule has 1 saturated heterocycles. The van der Waals surface area contributed by atoms with Crippen LogP contribution in [0.2, 0.25) is 0 Å². The molecule has 134 valence electrons. The topological polar surface area (TPSA) is 69.0 Å². The van der Waals surface area contributed by atoms with Crippen molar-refractivity contribution < 1.29 is 4.79 Å². The van der Waals surface area contributed by atoms with Gasteiger partial charge in [0.1, 0.15) is 11.9 Å². The molecule has 1 unspecified atom stereocenters. The Bertz CT molecular complexity index is 1040. The Morgan fingerprint density at radius 1 is 1.19 bits per heavy atom. The fourth-order valence-corrected chi connectivity index (χ4v) is 3.40. The van der Waals surface area contributed by atoms with Crippen molar-refractivity contribution in [1.82, 2.24) is 9.88 Å². The second kappa shape index (κ2) is 7.08. The van der Waals surface area contributed by atoms with Gasteiger partial charge in [0.2, 0.25) is 5.91 Å². The van der Waals surface area contributed by atoms with Crippen LogP contribution in [0, 0.1) is 18.3 Å². The zero-order valence-corrected chi connectivity index (χ0v) is 15.1.